The standard InChI is InChI=1S/C15H15BrCl2N2/c1-2-19-15(8-14-4-3-11(16)9-20-14)10-5-12(17)7-13(18)6-10/h3-7,9,15,19H,2,8H2,1H3. The van der Waals surface area contributed by atoms with Crippen LogP contribution < -0.4 is 5.32 Å². The minimum absolute atomic E-state index is 0.143. The number of aromatic nitrogens is 1. The third kappa shape index (κ3) is 4.45. The van der Waals surface area contributed by atoms with Gasteiger partial charge in [0.25, 0.3) is 0 Å². The molecule has 1 atom stereocenters. The van der Waals surface area contributed by atoms with Crippen molar-refractivity contribution in [1.29, 1.82) is 0 Å². The second-order valence-corrected chi connectivity index (χ2v) is 6.27. The molecule has 0 bridgehead atoms. The SMILES string of the molecule is CCNC(Cc1ccc(Br)cn1)c1cc(Cl)cc(Cl)c1. The van der Waals surface area contributed by atoms with Crippen molar-refractivity contribution in [2.45, 2.75) is 19.4 Å². The van der Waals surface area contributed by atoms with E-state index >= 15 is 0 Å². The second-order valence-electron chi connectivity index (χ2n) is 4.48. The van der Waals surface area contributed by atoms with Crippen LogP contribution in [0.1, 0.15) is 24.2 Å². The van der Waals surface area contributed by atoms with Gasteiger partial charge < -0.3 is 5.32 Å². The van der Waals surface area contributed by atoms with E-state index in [2.05, 4.69) is 33.2 Å². The number of nitrogens with zero attached hydrogens (tertiary/aromatic N) is 1. The van der Waals surface area contributed by atoms with E-state index < -0.39 is 0 Å². The van der Waals surface area contributed by atoms with Crippen molar-refractivity contribution in [2.24, 2.45) is 0 Å². The lowest BCUT2D eigenvalue weighted by Crippen LogP contribution is -2.23. The predicted molar refractivity (Wildman–Crippen MR) is 88.5 cm³/mol. The Balaban J connectivity index is 2.23. The molecule has 1 aromatic heterocycles. The Morgan fingerprint density at radius 1 is 1.20 bits per heavy atom. The Morgan fingerprint density at radius 3 is 2.45 bits per heavy atom. The summed E-state index contributed by atoms with van der Waals surface area (Å²) in [5, 5.41) is 4.75. The number of likely N-dealkylation sites (N-methyl/N-ethyl adjacent to an activating group) is 1. The Bertz CT molecular complexity index is 552. The summed E-state index contributed by atoms with van der Waals surface area (Å²) in [6, 6.07) is 9.79. The number of halogens is 3. The molecule has 0 radical (unpaired) electrons. The van der Waals surface area contributed by atoms with Gasteiger partial charge in [0.2, 0.25) is 0 Å². The van der Waals surface area contributed by atoms with Crippen LogP contribution in [0.5, 0.6) is 0 Å². The monoisotopic (exact) mass is 372 g/mol. The van der Waals surface area contributed by atoms with Crippen LogP contribution in [0.2, 0.25) is 10.0 Å². The second kappa shape index (κ2) is 7.41. The van der Waals surface area contributed by atoms with Gasteiger partial charge >= 0.3 is 0 Å². The lowest BCUT2D eigenvalue weighted by molar-refractivity contribution is 0.544. The van der Waals surface area contributed by atoms with E-state index in [-0.39, 0.29) is 6.04 Å². The Labute approximate surface area is 137 Å². The number of rotatable bonds is 5. The predicted octanol–water partition coefficient (Wildman–Crippen LogP) is 5.04. The molecule has 0 saturated heterocycles. The molecule has 0 aliphatic carbocycles. The first-order valence-electron chi connectivity index (χ1n) is 6.38. The van der Waals surface area contributed by atoms with Crippen LogP contribution in [-0.2, 0) is 6.42 Å². The molecule has 1 unspecified atom stereocenters. The molecule has 0 saturated carbocycles. The van der Waals surface area contributed by atoms with Gasteiger partial charge in [0.05, 0.1) is 0 Å². The Hall–Kier alpha value is -0.610. The topological polar surface area (TPSA) is 24.9 Å². The fourth-order valence-electron chi connectivity index (χ4n) is 2.07. The zero-order valence-electron chi connectivity index (χ0n) is 11.0. The maximum atomic E-state index is 6.08. The van der Waals surface area contributed by atoms with Gasteiger partial charge in [-0.2, -0.15) is 0 Å². The molecule has 0 amide bonds. The first-order valence-corrected chi connectivity index (χ1v) is 7.93. The summed E-state index contributed by atoms with van der Waals surface area (Å²) in [5.41, 5.74) is 2.10. The normalized spacial score (nSPS) is 12.4. The smallest absolute Gasteiger partial charge is 0.0424 e. The van der Waals surface area contributed by atoms with Gasteiger partial charge in [-0.1, -0.05) is 30.1 Å². The first-order chi connectivity index (χ1) is 9.58. The fourth-order valence-corrected chi connectivity index (χ4v) is 2.84. The minimum atomic E-state index is 0.143. The molecule has 1 N–H and O–H groups in total. The third-order valence-corrected chi connectivity index (χ3v) is 3.85. The summed E-state index contributed by atoms with van der Waals surface area (Å²) >= 11 is 15.6. The third-order valence-electron chi connectivity index (χ3n) is 2.94. The maximum Gasteiger partial charge on any atom is 0.0424 e. The van der Waals surface area contributed by atoms with Crippen molar-refractivity contribution in [3.05, 3.63) is 62.3 Å². The average Bonchev–Trinajstić information content (AvgIpc) is 2.39. The van der Waals surface area contributed by atoms with E-state index in [0.29, 0.717) is 10.0 Å². The minimum Gasteiger partial charge on any atom is -0.310 e. The quantitative estimate of drug-likeness (QED) is 0.793. The summed E-state index contributed by atoms with van der Waals surface area (Å²) < 4.78 is 0.979. The van der Waals surface area contributed by atoms with Crippen molar-refractivity contribution < 1.29 is 0 Å². The molecule has 0 aliphatic heterocycles. The Kier molecular flexibility index (Phi) is 5.85. The highest BCUT2D eigenvalue weighted by atomic mass is 79.9. The maximum absolute atomic E-state index is 6.08. The summed E-state index contributed by atoms with van der Waals surface area (Å²) in [7, 11) is 0. The molecule has 1 aromatic carbocycles. The van der Waals surface area contributed by atoms with Crippen LogP contribution in [0.25, 0.3) is 0 Å². The van der Waals surface area contributed by atoms with Crippen molar-refractivity contribution in [1.82, 2.24) is 10.3 Å². The number of nitrogens with one attached hydrogen (secondary N) is 1. The molecular formula is C15H15BrCl2N2. The van der Waals surface area contributed by atoms with Crippen LogP contribution in [0.15, 0.2) is 41.0 Å². The van der Waals surface area contributed by atoms with Gasteiger partial charge in [-0.3, -0.25) is 4.98 Å². The summed E-state index contributed by atoms with van der Waals surface area (Å²) in [6.07, 6.45) is 2.60. The highest BCUT2D eigenvalue weighted by Gasteiger charge is 2.13. The number of hydrogen-bond donors (Lipinski definition) is 1. The molecule has 0 aliphatic rings. The molecule has 0 fully saturated rings. The number of benzene rings is 1. The van der Waals surface area contributed by atoms with E-state index in [0.717, 1.165) is 28.7 Å². The van der Waals surface area contributed by atoms with Crippen molar-refractivity contribution >= 4 is 39.1 Å². The highest BCUT2D eigenvalue weighted by molar-refractivity contribution is 9.10. The number of hydrogen-bond acceptors (Lipinski definition) is 2. The largest absolute Gasteiger partial charge is 0.310 e. The fraction of sp³-hybridized carbons (Fsp3) is 0.267. The van der Waals surface area contributed by atoms with E-state index in [1.807, 2.05) is 30.5 Å². The summed E-state index contributed by atoms with van der Waals surface area (Å²) in [6.45, 7) is 2.94. The van der Waals surface area contributed by atoms with Crippen LogP contribution in [0, 0.1) is 0 Å². The van der Waals surface area contributed by atoms with Crippen molar-refractivity contribution in [3.63, 3.8) is 0 Å². The van der Waals surface area contributed by atoms with Gasteiger partial charge in [0.15, 0.2) is 0 Å². The van der Waals surface area contributed by atoms with E-state index in [4.69, 9.17) is 23.2 Å². The molecule has 2 nitrogen and oxygen atoms in total. The molecular weight excluding hydrogens is 359 g/mol. The van der Waals surface area contributed by atoms with Gasteiger partial charge in [-0.15, -0.1) is 0 Å². The lowest BCUT2D eigenvalue weighted by atomic mass is 10.0. The summed E-state index contributed by atoms with van der Waals surface area (Å²) in [5.74, 6) is 0. The van der Waals surface area contributed by atoms with Crippen LogP contribution in [0.3, 0.4) is 0 Å². The summed E-state index contributed by atoms with van der Waals surface area (Å²) in [4.78, 5) is 4.42. The molecule has 2 rings (SSSR count). The zero-order valence-corrected chi connectivity index (χ0v) is 14.1. The Morgan fingerprint density at radius 2 is 1.90 bits per heavy atom. The molecule has 106 valence electrons. The average molecular weight is 374 g/mol. The van der Waals surface area contributed by atoms with E-state index in [1.165, 1.54) is 0 Å². The van der Waals surface area contributed by atoms with E-state index in [9.17, 15) is 0 Å². The molecule has 5 heteroatoms. The van der Waals surface area contributed by atoms with Gasteiger partial charge in [-0.25, -0.2) is 0 Å². The highest BCUT2D eigenvalue weighted by Crippen LogP contribution is 2.25. The molecule has 20 heavy (non-hydrogen) atoms. The molecule has 0 spiro atoms. The van der Waals surface area contributed by atoms with Gasteiger partial charge in [-0.05, 0) is 58.4 Å². The zero-order chi connectivity index (χ0) is 14.5. The molecule has 1 heterocycles. The number of pyridine rings is 1. The van der Waals surface area contributed by atoms with E-state index in [1.54, 1.807) is 6.07 Å². The van der Waals surface area contributed by atoms with Gasteiger partial charge in [0, 0.05) is 38.9 Å². The van der Waals surface area contributed by atoms with Gasteiger partial charge in [0.1, 0.15) is 0 Å². The molecule has 2 aromatic rings. The van der Waals surface area contributed by atoms with Crippen LogP contribution in [0.4, 0.5) is 0 Å². The lowest BCUT2D eigenvalue weighted by Gasteiger charge is -2.18. The van der Waals surface area contributed by atoms with Crippen LogP contribution >= 0.6 is 39.1 Å². The van der Waals surface area contributed by atoms with Crippen LogP contribution in [-0.4, -0.2) is 11.5 Å². The van der Waals surface area contributed by atoms with Crippen molar-refractivity contribution in [3.8, 4) is 0 Å². The first kappa shape index (κ1) is 15.8. The van der Waals surface area contributed by atoms with Crippen molar-refractivity contribution in [2.75, 3.05) is 6.54 Å².